The second-order valence-corrected chi connectivity index (χ2v) is 14.6. The van der Waals surface area contributed by atoms with Gasteiger partial charge in [0.1, 0.15) is 8.07 Å². The summed E-state index contributed by atoms with van der Waals surface area (Å²) in [6.45, 7) is 21.2. The highest BCUT2D eigenvalue weighted by atomic mass is 28.3. The van der Waals surface area contributed by atoms with Gasteiger partial charge in [0.15, 0.2) is 0 Å². The van der Waals surface area contributed by atoms with E-state index in [1.165, 1.54) is 0 Å². The lowest BCUT2D eigenvalue weighted by molar-refractivity contribution is 0.0850. The fraction of sp³-hybridized carbons (Fsp3) is 0.857. The molecule has 0 aromatic carbocycles. The standard InChI is InChI=1S/C14H28O2Si/c1-12(2,3)17(13(4,5)6,14(7,8)9)10-11-15-16-11/h10H,1-9H3. The minimum atomic E-state index is -1.81. The van der Waals surface area contributed by atoms with E-state index in [-0.39, 0.29) is 15.1 Å². The Labute approximate surface area is 107 Å². The summed E-state index contributed by atoms with van der Waals surface area (Å²) in [6, 6.07) is 0. The van der Waals surface area contributed by atoms with Crippen molar-refractivity contribution in [2.45, 2.75) is 77.4 Å². The maximum Gasteiger partial charge on any atom is 0.371 e. The summed E-state index contributed by atoms with van der Waals surface area (Å²) < 4.78 is 0. The molecule has 1 saturated heterocycles. The average Bonchev–Trinajstić information content (AvgIpc) is 2.74. The zero-order chi connectivity index (χ0) is 13.7. The first kappa shape index (κ1) is 14.6. The smallest absolute Gasteiger partial charge is 0.243 e. The number of rotatable bonds is 1. The maximum atomic E-state index is 4.95. The van der Waals surface area contributed by atoms with Crippen LogP contribution in [0.5, 0.6) is 0 Å². The first-order chi connectivity index (χ1) is 7.33. The molecule has 17 heavy (non-hydrogen) atoms. The predicted octanol–water partition coefficient (Wildman–Crippen LogP) is 5.18. The van der Waals surface area contributed by atoms with Gasteiger partial charge in [-0.15, -0.1) is 0 Å². The molecule has 2 nitrogen and oxygen atoms in total. The lowest BCUT2D eigenvalue weighted by atomic mass is 10.2. The van der Waals surface area contributed by atoms with E-state index in [1.807, 2.05) is 0 Å². The molecule has 0 aromatic heterocycles. The summed E-state index contributed by atoms with van der Waals surface area (Å²) in [4.78, 5) is 9.89. The third-order valence-electron chi connectivity index (χ3n) is 4.06. The zero-order valence-electron chi connectivity index (χ0n) is 12.9. The molecule has 0 atom stereocenters. The van der Waals surface area contributed by atoms with E-state index in [9.17, 15) is 0 Å². The van der Waals surface area contributed by atoms with Gasteiger partial charge in [-0.2, -0.15) is 0 Å². The van der Waals surface area contributed by atoms with Gasteiger partial charge in [0.2, 0.25) is 0 Å². The van der Waals surface area contributed by atoms with Crippen molar-refractivity contribution >= 4 is 8.07 Å². The van der Waals surface area contributed by atoms with Crippen molar-refractivity contribution in [3.05, 3.63) is 11.6 Å². The van der Waals surface area contributed by atoms with E-state index in [4.69, 9.17) is 9.78 Å². The van der Waals surface area contributed by atoms with Crippen LogP contribution in [0.4, 0.5) is 0 Å². The van der Waals surface area contributed by atoms with Crippen LogP contribution in [0.3, 0.4) is 0 Å². The van der Waals surface area contributed by atoms with Crippen molar-refractivity contribution in [1.82, 2.24) is 0 Å². The van der Waals surface area contributed by atoms with E-state index in [0.29, 0.717) is 0 Å². The van der Waals surface area contributed by atoms with Crippen LogP contribution in [0, 0.1) is 0 Å². The van der Waals surface area contributed by atoms with Gasteiger partial charge in [0.25, 0.3) is 0 Å². The summed E-state index contributed by atoms with van der Waals surface area (Å²) in [7, 11) is -1.81. The summed E-state index contributed by atoms with van der Waals surface area (Å²) >= 11 is 0. The third-order valence-corrected chi connectivity index (χ3v) is 11.8. The Morgan fingerprint density at radius 1 is 0.706 bits per heavy atom. The normalized spacial score (nSPS) is 17.4. The van der Waals surface area contributed by atoms with Crippen molar-refractivity contribution < 1.29 is 9.78 Å². The molecule has 1 rings (SSSR count). The van der Waals surface area contributed by atoms with E-state index >= 15 is 0 Å². The topological polar surface area (TPSA) is 25.1 Å². The second kappa shape index (κ2) is 3.77. The van der Waals surface area contributed by atoms with Crippen molar-refractivity contribution in [2.75, 3.05) is 0 Å². The molecular weight excluding hydrogens is 228 g/mol. The van der Waals surface area contributed by atoms with Crippen LogP contribution in [0.1, 0.15) is 62.3 Å². The van der Waals surface area contributed by atoms with E-state index in [1.54, 1.807) is 0 Å². The maximum absolute atomic E-state index is 4.95. The van der Waals surface area contributed by atoms with Gasteiger partial charge in [-0.3, -0.25) is 0 Å². The van der Waals surface area contributed by atoms with E-state index in [0.717, 1.165) is 5.95 Å². The van der Waals surface area contributed by atoms with Gasteiger partial charge in [-0.25, -0.2) is 9.78 Å². The number of hydrogen-bond donors (Lipinski definition) is 0. The molecule has 100 valence electrons. The summed E-state index contributed by atoms with van der Waals surface area (Å²) in [5.41, 5.74) is 2.33. The van der Waals surface area contributed by atoms with Crippen LogP contribution in [0.2, 0.25) is 15.1 Å². The highest BCUT2D eigenvalue weighted by Gasteiger charge is 2.59. The average molecular weight is 256 g/mol. The predicted molar refractivity (Wildman–Crippen MR) is 75.2 cm³/mol. The molecule has 0 radical (unpaired) electrons. The van der Waals surface area contributed by atoms with E-state index < -0.39 is 8.07 Å². The first-order valence-electron chi connectivity index (χ1n) is 6.40. The van der Waals surface area contributed by atoms with Gasteiger partial charge in [0, 0.05) is 0 Å². The van der Waals surface area contributed by atoms with Gasteiger partial charge in [0.05, 0.1) is 0 Å². The Kier molecular flexibility index (Phi) is 3.24. The SMILES string of the molecule is CC(C)(C)[Si](C=C1OO1)(C(C)(C)C)C(C)(C)C. The van der Waals surface area contributed by atoms with Crippen LogP contribution in [0.25, 0.3) is 0 Å². The Morgan fingerprint density at radius 3 is 1.18 bits per heavy atom. The summed E-state index contributed by atoms with van der Waals surface area (Å²) in [5.74, 6) is 0.733. The molecule has 0 N–H and O–H groups in total. The van der Waals surface area contributed by atoms with Gasteiger partial charge in [-0.1, -0.05) is 62.3 Å². The molecule has 0 aliphatic carbocycles. The van der Waals surface area contributed by atoms with Crippen LogP contribution in [0.15, 0.2) is 11.6 Å². The Hall–Kier alpha value is -0.443. The van der Waals surface area contributed by atoms with Crippen molar-refractivity contribution in [3.63, 3.8) is 0 Å². The zero-order valence-corrected chi connectivity index (χ0v) is 13.9. The Morgan fingerprint density at radius 2 is 1.00 bits per heavy atom. The highest BCUT2D eigenvalue weighted by Crippen LogP contribution is 2.63. The van der Waals surface area contributed by atoms with Crippen molar-refractivity contribution in [1.29, 1.82) is 0 Å². The van der Waals surface area contributed by atoms with Crippen LogP contribution in [-0.2, 0) is 9.78 Å². The molecule has 0 bridgehead atoms. The Bertz CT molecular complexity index is 282. The Balaban J connectivity index is 3.47. The third kappa shape index (κ3) is 2.39. The van der Waals surface area contributed by atoms with Crippen LogP contribution < -0.4 is 0 Å². The fourth-order valence-corrected chi connectivity index (χ4v) is 12.8. The molecule has 1 heterocycles. The molecule has 1 aliphatic rings. The largest absolute Gasteiger partial charge is 0.371 e. The molecule has 0 aromatic rings. The monoisotopic (exact) mass is 256 g/mol. The lowest BCUT2D eigenvalue weighted by Crippen LogP contribution is -2.57. The second-order valence-electron chi connectivity index (χ2n) is 8.19. The van der Waals surface area contributed by atoms with Gasteiger partial charge < -0.3 is 0 Å². The van der Waals surface area contributed by atoms with E-state index in [2.05, 4.69) is 68.0 Å². The highest BCUT2D eigenvalue weighted by molar-refractivity contribution is 6.91. The first-order valence-corrected chi connectivity index (χ1v) is 8.48. The number of hydrogen-bond acceptors (Lipinski definition) is 2. The van der Waals surface area contributed by atoms with Gasteiger partial charge >= 0.3 is 5.95 Å². The molecule has 0 unspecified atom stereocenters. The molecule has 0 spiro atoms. The van der Waals surface area contributed by atoms with Crippen LogP contribution >= 0.6 is 0 Å². The molecular formula is C14H28O2Si. The fourth-order valence-electron chi connectivity index (χ4n) is 4.27. The summed E-state index contributed by atoms with van der Waals surface area (Å²) in [6.07, 6.45) is 0. The molecule has 0 amide bonds. The van der Waals surface area contributed by atoms with Crippen molar-refractivity contribution in [2.24, 2.45) is 0 Å². The molecule has 1 aliphatic heterocycles. The minimum Gasteiger partial charge on any atom is -0.243 e. The molecule has 0 saturated carbocycles. The molecule has 1 fully saturated rings. The quantitative estimate of drug-likeness (QED) is 0.367. The van der Waals surface area contributed by atoms with Crippen LogP contribution in [-0.4, -0.2) is 8.07 Å². The minimum absolute atomic E-state index is 0.256. The van der Waals surface area contributed by atoms with Crippen molar-refractivity contribution in [3.8, 4) is 0 Å². The lowest BCUT2D eigenvalue weighted by Gasteiger charge is -2.57. The molecule has 3 heteroatoms. The van der Waals surface area contributed by atoms with Gasteiger partial charge in [-0.05, 0) is 20.8 Å². The summed E-state index contributed by atoms with van der Waals surface area (Å²) in [5, 5.41) is 0.767.